The van der Waals surface area contributed by atoms with Crippen LogP contribution in [-0.4, -0.2) is 24.5 Å². The van der Waals surface area contributed by atoms with Crippen molar-refractivity contribution in [1.29, 1.82) is 0 Å². The maximum Gasteiger partial charge on any atom is 0.0735 e. The maximum atomic E-state index is 5.46. The van der Waals surface area contributed by atoms with E-state index >= 15 is 0 Å². The van der Waals surface area contributed by atoms with Crippen molar-refractivity contribution in [3.63, 3.8) is 0 Å². The Morgan fingerprint density at radius 2 is 2.00 bits per heavy atom. The van der Waals surface area contributed by atoms with Crippen LogP contribution in [0.4, 0.5) is 0 Å². The van der Waals surface area contributed by atoms with Crippen LogP contribution in [0.5, 0.6) is 0 Å². The van der Waals surface area contributed by atoms with E-state index in [-0.39, 0.29) is 12.4 Å². The molecule has 0 aliphatic rings. The van der Waals surface area contributed by atoms with Crippen LogP contribution >= 0.6 is 24.0 Å². The average Bonchev–Trinajstić information content (AvgIpc) is 1.68. The second-order valence-corrected chi connectivity index (χ2v) is 1.94. The van der Waals surface area contributed by atoms with Gasteiger partial charge in [0.05, 0.1) is 6.00 Å². The topological polar surface area (TPSA) is 3.24 Å². The lowest BCUT2D eigenvalue weighted by molar-refractivity contribution is 0.389. The number of alkyl halides is 1. The molecule has 3 heteroatoms. The van der Waals surface area contributed by atoms with Gasteiger partial charge in [0.2, 0.25) is 0 Å². The molecule has 0 aromatic rings. The van der Waals surface area contributed by atoms with Gasteiger partial charge in [0.15, 0.2) is 0 Å². The highest BCUT2D eigenvalue weighted by molar-refractivity contribution is 6.17. The molecule has 0 saturated heterocycles. The molecule has 0 rings (SSSR count). The molecule has 52 valence electrons. The molecule has 1 nitrogen and oxygen atoms in total. The Hall–Kier alpha value is 0.540. The molecule has 0 radical (unpaired) electrons. The van der Waals surface area contributed by atoms with E-state index in [1.165, 1.54) is 6.42 Å². The van der Waals surface area contributed by atoms with Crippen molar-refractivity contribution < 1.29 is 0 Å². The van der Waals surface area contributed by atoms with Gasteiger partial charge in [-0.2, -0.15) is 0 Å². The number of nitrogens with zero attached hydrogens (tertiary/aromatic N) is 1. The van der Waals surface area contributed by atoms with E-state index in [1.54, 1.807) is 0 Å². The Labute approximate surface area is 62.4 Å². The Kier molecular flexibility index (Phi) is 10.7. The summed E-state index contributed by atoms with van der Waals surface area (Å²) >= 11 is 5.46. The molecule has 0 spiro atoms. The molecule has 8 heavy (non-hydrogen) atoms. The zero-order valence-corrected chi connectivity index (χ0v) is 6.93. The van der Waals surface area contributed by atoms with E-state index in [4.69, 9.17) is 11.6 Å². The molecule has 0 N–H and O–H groups in total. The Morgan fingerprint density at radius 1 is 1.50 bits per heavy atom. The van der Waals surface area contributed by atoms with E-state index < -0.39 is 0 Å². The smallest absolute Gasteiger partial charge is 0.0735 e. The van der Waals surface area contributed by atoms with Gasteiger partial charge in [0, 0.05) is 0 Å². The largest absolute Gasteiger partial charge is 0.293 e. The first kappa shape index (κ1) is 11.4. The minimum atomic E-state index is 0. The molecule has 0 aliphatic carbocycles. The number of hydrogen-bond acceptors (Lipinski definition) is 1. The van der Waals surface area contributed by atoms with Crippen molar-refractivity contribution in [1.82, 2.24) is 4.90 Å². The van der Waals surface area contributed by atoms with Crippen LogP contribution in [0.1, 0.15) is 13.3 Å². The molecule has 0 aromatic heterocycles. The molecule has 0 amide bonds. The fourth-order valence-corrected chi connectivity index (χ4v) is 0.561. The van der Waals surface area contributed by atoms with Gasteiger partial charge in [-0.1, -0.05) is 6.92 Å². The van der Waals surface area contributed by atoms with Gasteiger partial charge < -0.3 is 0 Å². The molecule has 0 saturated carbocycles. The van der Waals surface area contributed by atoms with Gasteiger partial charge in [0.25, 0.3) is 0 Å². The van der Waals surface area contributed by atoms with E-state index in [1.807, 2.05) is 7.05 Å². The van der Waals surface area contributed by atoms with Gasteiger partial charge in [-0.05, 0) is 20.0 Å². The van der Waals surface area contributed by atoms with Crippen LogP contribution in [0, 0.1) is 0 Å². The minimum Gasteiger partial charge on any atom is -0.293 e. The molecular weight excluding hydrogens is 145 g/mol. The monoisotopic (exact) mass is 157 g/mol. The first-order valence-corrected chi connectivity index (χ1v) is 3.09. The van der Waals surface area contributed by atoms with E-state index in [0.29, 0.717) is 6.00 Å². The van der Waals surface area contributed by atoms with Gasteiger partial charge in [-0.25, -0.2) is 0 Å². The second kappa shape index (κ2) is 7.54. The van der Waals surface area contributed by atoms with Crippen molar-refractivity contribution in [2.45, 2.75) is 13.3 Å². The van der Waals surface area contributed by atoms with Crippen molar-refractivity contribution >= 4 is 24.0 Å². The summed E-state index contributed by atoms with van der Waals surface area (Å²) in [7, 11) is 2.01. The lowest BCUT2D eigenvalue weighted by Gasteiger charge is -2.08. The Bertz CT molecular complexity index is 41.4. The zero-order chi connectivity index (χ0) is 5.70. The lowest BCUT2D eigenvalue weighted by atomic mass is 10.5. The molecule has 0 atom stereocenters. The number of hydrogen-bond donors (Lipinski definition) is 0. The number of halogens is 2. The van der Waals surface area contributed by atoms with Gasteiger partial charge in [-0.15, -0.1) is 24.0 Å². The van der Waals surface area contributed by atoms with Gasteiger partial charge in [0.1, 0.15) is 0 Å². The summed E-state index contributed by atoms with van der Waals surface area (Å²) in [5, 5.41) is 0. The van der Waals surface area contributed by atoms with Crippen molar-refractivity contribution in [2.75, 3.05) is 19.6 Å². The molecular formula is C5H13Cl2N. The standard InChI is InChI=1S/C5H12ClN.ClH/c1-3-4-7(2)5-6;/h3-5H2,1-2H3;1H. The summed E-state index contributed by atoms with van der Waals surface area (Å²) in [4.78, 5) is 2.07. The Balaban J connectivity index is 0. The summed E-state index contributed by atoms with van der Waals surface area (Å²) in [6, 6.07) is 0.647. The summed E-state index contributed by atoms with van der Waals surface area (Å²) < 4.78 is 0. The highest BCUT2D eigenvalue weighted by Crippen LogP contribution is 1.86. The van der Waals surface area contributed by atoms with Crippen LogP contribution in [0.15, 0.2) is 0 Å². The van der Waals surface area contributed by atoms with Crippen molar-refractivity contribution in [2.24, 2.45) is 0 Å². The third kappa shape index (κ3) is 6.54. The summed E-state index contributed by atoms with van der Waals surface area (Å²) in [6.45, 7) is 3.24. The zero-order valence-electron chi connectivity index (χ0n) is 5.35. The summed E-state index contributed by atoms with van der Waals surface area (Å²) in [5.74, 6) is 0. The third-order valence-electron chi connectivity index (χ3n) is 0.809. The van der Waals surface area contributed by atoms with Crippen molar-refractivity contribution in [3.05, 3.63) is 0 Å². The molecule has 0 bridgehead atoms. The first-order valence-electron chi connectivity index (χ1n) is 2.55. The quantitative estimate of drug-likeness (QED) is 0.448. The van der Waals surface area contributed by atoms with Gasteiger partial charge >= 0.3 is 0 Å². The predicted molar refractivity (Wildman–Crippen MR) is 40.9 cm³/mol. The van der Waals surface area contributed by atoms with Crippen LogP contribution in [-0.2, 0) is 0 Å². The van der Waals surface area contributed by atoms with Crippen LogP contribution in [0.3, 0.4) is 0 Å². The first-order chi connectivity index (χ1) is 3.31. The molecule has 0 aromatic carbocycles. The van der Waals surface area contributed by atoms with Crippen LogP contribution < -0.4 is 0 Å². The molecule has 0 fully saturated rings. The summed E-state index contributed by atoms with van der Waals surface area (Å²) in [6.07, 6.45) is 1.18. The average molecular weight is 158 g/mol. The maximum absolute atomic E-state index is 5.46. The minimum absolute atomic E-state index is 0. The predicted octanol–water partition coefficient (Wildman–Crippen LogP) is 1.95. The fraction of sp³-hybridized carbons (Fsp3) is 1.00. The SMILES string of the molecule is CCCN(C)CCl.Cl. The van der Waals surface area contributed by atoms with Crippen LogP contribution in [0.25, 0.3) is 0 Å². The molecule has 0 heterocycles. The highest BCUT2D eigenvalue weighted by Gasteiger charge is 1.88. The molecule has 0 unspecified atom stereocenters. The van der Waals surface area contributed by atoms with E-state index in [2.05, 4.69) is 11.8 Å². The van der Waals surface area contributed by atoms with E-state index in [0.717, 1.165) is 6.54 Å². The number of rotatable bonds is 3. The van der Waals surface area contributed by atoms with Gasteiger partial charge in [-0.3, -0.25) is 4.90 Å². The normalized spacial score (nSPS) is 9.00. The van der Waals surface area contributed by atoms with Crippen LogP contribution in [0.2, 0.25) is 0 Å². The second-order valence-electron chi connectivity index (χ2n) is 1.70. The molecule has 0 aliphatic heterocycles. The fourth-order valence-electron chi connectivity index (χ4n) is 0.441. The summed E-state index contributed by atoms with van der Waals surface area (Å²) in [5.41, 5.74) is 0. The highest BCUT2D eigenvalue weighted by atomic mass is 35.5. The Morgan fingerprint density at radius 3 is 2.12 bits per heavy atom. The van der Waals surface area contributed by atoms with Crippen molar-refractivity contribution in [3.8, 4) is 0 Å². The van der Waals surface area contributed by atoms with E-state index in [9.17, 15) is 0 Å². The third-order valence-corrected chi connectivity index (χ3v) is 1.22. The lowest BCUT2D eigenvalue weighted by Crippen LogP contribution is -2.16.